The molecule has 0 radical (unpaired) electrons. The highest BCUT2D eigenvalue weighted by Gasteiger charge is 2.18. The summed E-state index contributed by atoms with van der Waals surface area (Å²) in [5, 5.41) is 9.95. The summed E-state index contributed by atoms with van der Waals surface area (Å²) >= 11 is 0. The van der Waals surface area contributed by atoms with Gasteiger partial charge in [0.15, 0.2) is 0 Å². The Bertz CT molecular complexity index is 415. The van der Waals surface area contributed by atoms with Crippen LogP contribution < -0.4 is 4.90 Å². The highest BCUT2D eigenvalue weighted by molar-refractivity contribution is 5.47. The van der Waals surface area contributed by atoms with Crippen LogP contribution >= 0.6 is 0 Å². The van der Waals surface area contributed by atoms with Crippen LogP contribution in [0.5, 0.6) is 0 Å². The van der Waals surface area contributed by atoms with Gasteiger partial charge in [-0.2, -0.15) is 0 Å². The molecule has 0 fully saturated rings. The molecule has 1 rings (SSSR count). The lowest BCUT2D eigenvalue weighted by Crippen LogP contribution is -2.33. The molecule has 0 aromatic carbocycles. The second-order valence-electron chi connectivity index (χ2n) is 5.10. The number of anilines is 1. The van der Waals surface area contributed by atoms with E-state index in [0.29, 0.717) is 25.3 Å². The van der Waals surface area contributed by atoms with Crippen molar-refractivity contribution in [2.75, 3.05) is 31.6 Å². The van der Waals surface area contributed by atoms with E-state index in [2.05, 4.69) is 4.98 Å². The minimum absolute atomic E-state index is 0.639. The molecule has 0 bridgehead atoms. The first kappa shape index (κ1) is 15.4. The van der Waals surface area contributed by atoms with Gasteiger partial charge in [-0.3, -0.25) is 4.79 Å². The molecule has 1 heterocycles. The molecular formula is C14H23N3O2. The molecule has 106 valence electrons. The first-order valence-electron chi connectivity index (χ1n) is 6.49. The zero-order valence-electron chi connectivity index (χ0n) is 12.1. The Labute approximate surface area is 114 Å². The maximum absolute atomic E-state index is 10.7. The Kier molecular flexibility index (Phi) is 5.30. The molecule has 5 heteroatoms. The average Bonchev–Trinajstić information content (AvgIpc) is 2.39. The molecule has 1 aromatic rings. The van der Waals surface area contributed by atoms with Crippen LogP contribution in [0, 0.1) is 0 Å². The Morgan fingerprint density at radius 3 is 2.58 bits per heavy atom. The highest BCUT2D eigenvalue weighted by atomic mass is 16.3. The van der Waals surface area contributed by atoms with E-state index in [1.54, 1.807) is 24.8 Å². The van der Waals surface area contributed by atoms with Crippen molar-refractivity contribution in [1.29, 1.82) is 0 Å². The van der Waals surface area contributed by atoms with E-state index in [-0.39, 0.29) is 0 Å². The fraction of sp³-hybridized carbons (Fsp3) is 0.571. The van der Waals surface area contributed by atoms with Crippen LogP contribution in [-0.4, -0.2) is 48.1 Å². The SMILES string of the molecule is CCN(C=O)CCN(C)c1cccc(C(C)(C)O)n1. The normalized spacial score (nSPS) is 11.2. The summed E-state index contributed by atoms with van der Waals surface area (Å²) in [5.74, 6) is 0.793. The zero-order chi connectivity index (χ0) is 14.5. The molecule has 5 nitrogen and oxygen atoms in total. The van der Waals surface area contributed by atoms with Crippen molar-refractivity contribution >= 4 is 12.2 Å². The molecule has 0 aliphatic heterocycles. The fourth-order valence-electron chi connectivity index (χ4n) is 1.65. The lowest BCUT2D eigenvalue weighted by atomic mass is 10.1. The number of carbonyl (C=O) groups is 1. The van der Waals surface area contributed by atoms with Gasteiger partial charge in [0.2, 0.25) is 6.41 Å². The van der Waals surface area contributed by atoms with Crippen molar-refractivity contribution in [2.45, 2.75) is 26.4 Å². The second kappa shape index (κ2) is 6.52. The highest BCUT2D eigenvalue weighted by Crippen LogP contribution is 2.19. The Hall–Kier alpha value is -1.62. The van der Waals surface area contributed by atoms with Gasteiger partial charge in [-0.05, 0) is 32.9 Å². The number of amides is 1. The van der Waals surface area contributed by atoms with Crippen LogP contribution in [0.1, 0.15) is 26.5 Å². The summed E-state index contributed by atoms with van der Waals surface area (Å²) in [7, 11) is 1.93. The number of nitrogens with zero attached hydrogens (tertiary/aromatic N) is 3. The first-order chi connectivity index (χ1) is 8.88. The van der Waals surface area contributed by atoms with Gasteiger partial charge in [0.25, 0.3) is 0 Å². The van der Waals surface area contributed by atoms with Crippen molar-refractivity contribution in [3.8, 4) is 0 Å². The molecule has 0 atom stereocenters. The lowest BCUT2D eigenvalue weighted by Gasteiger charge is -2.24. The van der Waals surface area contributed by atoms with Gasteiger partial charge >= 0.3 is 0 Å². The summed E-state index contributed by atoms with van der Waals surface area (Å²) in [5.41, 5.74) is -0.311. The molecule has 1 amide bonds. The third-order valence-electron chi connectivity index (χ3n) is 3.03. The van der Waals surface area contributed by atoms with Gasteiger partial charge in [0.05, 0.1) is 5.69 Å². The van der Waals surface area contributed by atoms with Crippen LogP contribution in [-0.2, 0) is 10.4 Å². The van der Waals surface area contributed by atoms with E-state index in [9.17, 15) is 9.90 Å². The van der Waals surface area contributed by atoms with Gasteiger partial charge in [-0.25, -0.2) is 4.98 Å². The van der Waals surface area contributed by atoms with Crippen LogP contribution in [0.25, 0.3) is 0 Å². The Morgan fingerprint density at radius 2 is 2.05 bits per heavy atom. The topological polar surface area (TPSA) is 56.7 Å². The van der Waals surface area contributed by atoms with E-state index < -0.39 is 5.60 Å². The van der Waals surface area contributed by atoms with Crippen molar-refractivity contribution in [1.82, 2.24) is 9.88 Å². The van der Waals surface area contributed by atoms with Crippen molar-refractivity contribution in [3.63, 3.8) is 0 Å². The number of hydrogen-bond donors (Lipinski definition) is 1. The third kappa shape index (κ3) is 4.52. The van der Waals surface area contributed by atoms with Gasteiger partial charge in [-0.15, -0.1) is 0 Å². The molecule has 19 heavy (non-hydrogen) atoms. The summed E-state index contributed by atoms with van der Waals surface area (Å²) in [6.45, 7) is 7.44. The molecule has 0 saturated carbocycles. The largest absolute Gasteiger partial charge is 0.384 e. The third-order valence-corrected chi connectivity index (χ3v) is 3.03. The van der Waals surface area contributed by atoms with Gasteiger partial charge in [-0.1, -0.05) is 6.07 Å². The quantitative estimate of drug-likeness (QED) is 0.753. The van der Waals surface area contributed by atoms with Crippen LogP contribution in [0.3, 0.4) is 0 Å². The summed E-state index contributed by atoms with van der Waals surface area (Å²) in [4.78, 5) is 18.9. The predicted octanol–water partition coefficient (Wildman–Crippen LogP) is 1.22. The summed E-state index contributed by atoms with van der Waals surface area (Å²) in [6, 6.07) is 5.58. The number of likely N-dealkylation sites (N-methyl/N-ethyl adjacent to an activating group) is 2. The van der Waals surface area contributed by atoms with Crippen molar-refractivity contribution < 1.29 is 9.90 Å². The smallest absolute Gasteiger partial charge is 0.209 e. The molecule has 0 aliphatic rings. The fourth-order valence-corrected chi connectivity index (χ4v) is 1.65. The lowest BCUT2D eigenvalue weighted by molar-refractivity contribution is -0.117. The maximum atomic E-state index is 10.7. The van der Waals surface area contributed by atoms with Gasteiger partial charge < -0.3 is 14.9 Å². The Balaban J connectivity index is 2.72. The van der Waals surface area contributed by atoms with Crippen LogP contribution in [0.4, 0.5) is 5.82 Å². The molecule has 0 unspecified atom stereocenters. The second-order valence-corrected chi connectivity index (χ2v) is 5.10. The number of aromatic nitrogens is 1. The predicted molar refractivity (Wildman–Crippen MR) is 76.1 cm³/mol. The number of hydrogen-bond acceptors (Lipinski definition) is 4. The van der Waals surface area contributed by atoms with E-state index in [0.717, 1.165) is 12.2 Å². The molecule has 0 aliphatic carbocycles. The van der Waals surface area contributed by atoms with Gasteiger partial charge in [0, 0.05) is 26.7 Å². The van der Waals surface area contributed by atoms with Gasteiger partial charge in [0.1, 0.15) is 11.4 Å². The molecular weight excluding hydrogens is 242 g/mol. The summed E-state index contributed by atoms with van der Waals surface area (Å²) < 4.78 is 0. The number of pyridine rings is 1. The van der Waals surface area contributed by atoms with E-state index in [4.69, 9.17) is 0 Å². The van der Waals surface area contributed by atoms with E-state index >= 15 is 0 Å². The maximum Gasteiger partial charge on any atom is 0.209 e. The molecule has 0 saturated heterocycles. The standard InChI is InChI=1S/C14H23N3O2/c1-5-17(11-18)10-9-16(4)13-8-6-7-12(15-13)14(2,3)19/h6-8,11,19H,5,9-10H2,1-4H3. The minimum atomic E-state index is -0.949. The first-order valence-corrected chi connectivity index (χ1v) is 6.49. The summed E-state index contributed by atoms with van der Waals surface area (Å²) in [6.07, 6.45) is 0.856. The average molecular weight is 265 g/mol. The van der Waals surface area contributed by atoms with Crippen LogP contribution in [0.2, 0.25) is 0 Å². The van der Waals surface area contributed by atoms with E-state index in [1.807, 2.05) is 31.0 Å². The molecule has 0 spiro atoms. The number of carbonyl (C=O) groups excluding carboxylic acids is 1. The number of aliphatic hydroxyl groups is 1. The minimum Gasteiger partial charge on any atom is -0.384 e. The molecule has 1 N–H and O–H groups in total. The van der Waals surface area contributed by atoms with Crippen molar-refractivity contribution in [3.05, 3.63) is 23.9 Å². The monoisotopic (exact) mass is 265 g/mol. The molecule has 1 aromatic heterocycles. The zero-order valence-corrected chi connectivity index (χ0v) is 12.1. The Morgan fingerprint density at radius 1 is 1.37 bits per heavy atom. The number of rotatable bonds is 7. The van der Waals surface area contributed by atoms with Crippen molar-refractivity contribution in [2.24, 2.45) is 0 Å². The van der Waals surface area contributed by atoms with E-state index in [1.165, 1.54) is 0 Å². The van der Waals surface area contributed by atoms with Crippen LogP contribution in [0.15, 0.2) is 18.2 Å².